The summed E-state index contributed by atoms with van der Waals surface area (Å²) in [4.78, 5) is 2.24. The van der Waals surface area contributed by atoms with Gasteiger partial charge in [-0.15, -0.1) is 0 Å². The second-order valence-electron chi connectivity index (χ2n) is 6.44. The predicted molar refractivity (Wildman–Crippen MR) is 77.2 cm³/mol. The first-order valence-electron chi connectivity index (χ1n) is 7.95. The van der Waals surface area contributed by atoms with Gasteiger partial charge < -0.3 is 15.5 Å². The molecule has 2 fully saturated rings. The van der Waals surface area contributed by atoms with Gasteiger partial charge in [0, 0.05) is 32.2 Å². The fraction of sp³-hybridized carbons (Fsp3) is 1.00. The fourth-order valence-corrected chi connectivity index (χ4v) is 3.37. The van der Waals surface area contributed by atoms with Crippen LogP contribution >= 0.6 is 0 Å². The van der Waals surface area contributed by atoms with E-state index in [9.17, 15) is 0 Å². The predicted octanol–water partition coefficient (Wildman–Crippen LogP) is 0.975. The Kier molecular flexibility index (Phi) is 6.07. The molecule has 3 N–H and O–H groups in total. The normalized spacial score (nSPS) is 22.9. The minimum atomic E-state index is 0.187. The van der Waals surface area contributed by atoms with Crippen molar-refractivity contribution in [3.05, 3.63) is 0 Å². The lowest BCUT2D eigenvalue weighted by atomic mass is 9.73. The quantitative estimate of drug-likeness (QED) is 0.584. The summed E-state index contributed by atoms with van der Waals surface area (Å²) in [5.74, 6) is 0. The van der Waals surface area contributed by atoms with E-state index in [0.29, 0.717) is 18.5 Å². The van der Waals surface area contributed by atoms with Gasteiger partial charge in [0.1, 0.15) is 0 Å². The summed E-state index contributed by atoms with van der Waals surface area (Å²) in [7, 11) is 0. The second-order valence-corrected chi connectivity index (χ2v) is 6.44. The van der Waals surface area contributed by atoms with E-state index in [-0.39, 0.29) is 13.2 Å². The van der Waals surface area contributed by atoms with Crippen molar-refractivity contribution in [2.24, 2.45) is 5.41 Å². The van der Waals surface area contributed by atoms with Crippen molar-refractivity contribution in [3.63, 3.8) is 0 Å². The third kappa shape index (κ3) is 5.03. The van der Waals surface area contributed by atoms with Crippen LogP contribution in [0.15, 0.2) is 0 Å². The molecule has 2 aliphatic rings. The number of nitrogens with zero attached hydrogens (tertiary/aromatic N) is 1. The van der Waals surface area contributed by atoms with Crippen molar-refractivity contribution in [2.45, 2.75) is 51.0 Å². The Hall–Kier alpha value is -0.160. The first-order valence-corrected chi connectivity index (χ1v) is 7.95. The molecule has 0 radical (unpaired) electrons. The summed E-state index contributed by atoms with van der Waals surface area (Å²) >= 11 is 0. The van der Waals surface area contributed by atoms with Crippen LogP contribution in [0.1, 0.15) is 44.9 Å². The van der Waals surface area contributed by atoms with Gasteiger partial charge in [0.25, 0.3) is 0 Å². The van der Waals surface area contributed by atoms with Crippen LogP contribution < -0.4 is 5.32 Å². The largest absolute Gasteiger partial charge is 0.395 e. The summed E-state index contributed by atoms with van der Waals surface area (Å²) in [6.07, 6.45) is 9.29. The summed E-state index contributed by atoms with van der Waals surface area (Å²) in [6.45, 7) is 3.88. The molecule has 0 aliphatic heterocycles. The van der Waals surface area contributed by atoms with E-state index < -0.39 is 0 Å². The molecular formula is C15H30N2O2. The summed E-state index contributed by atoms with van der Waals surface area (Å²) in [5, 5.41) is 22.0. The highest BCUT2D eigenvalue weighted by molar-refractivity contribution is 4.91. The van der Waals surface area contributed by atoms with E-state index in [1.54, 1.807) is 0 Å². The van der Waals surface area contributed by atoms with Gasteiger partial charge in [0.2, 0.25) is 0 Å². The van der Waals surface area contributed by atoms with Gasteiger partial charge in [0.15, 0.2) is 0 Å². The lowest BCUT2D eigenvalue weighted by Crippen LogP contribution is -2.47. The average molecular weight is 270 g/mol. The molecule has 0 aromatic rings. The lowest BCUT2D eigenvalue weighted by Gasteiger charge is -2.41. The van der Waals surface area contributed by atoms with Gasteiger partial charge in [0.05, 0.1) is 13.2 Å². The average Bonchev–Trinajstić information content (AvgIpc) is 3.22. The molecule has 0 saturated heterocycles. The third-order valence-electron chi connectivity index (χ3n) is 4.65. The number of aliphatic hydroxyl groups excluding tert-OH is 2. The Bertz CT molecular complexity index is 245. The Labute approximate surface area is 117 Å². The minimum Gasteiger partial charge on any atom is -0.395 e. The number of hydrogen-bond donors (Lipinski definition) is 3. The minimum absolute atomic E-state index is 0.187. The van der Waals surface area contributed by atoms with Gasteiger partial charge in [-0.2, -0.15) is 0 Å². The van der Waals surface area contributed by atoms with Crippen LogP contribution in [0.3, 0.4) is 0 Å². The maximum atomic E-state index is 9.17. The Balaban J connectivity index is 1.89. The van der Waals surface area contributed by atoms with Gasteiger partial charge in [-0.25, -0.2) is 0 Å². The molecule has 0 unspecified atom stereocenters. The standard InChI is InChI=1S/C15H30N2O2/c18-10-8-17(9-11-19)13-15(6-2-1-3-7-15)12-16-14-4-5-14/h14,16,18-19H,1-13H2. The van der Waals surface area contributed by atoms with Gasteiger partial charge in [-0.3, -0.25) is 4.90 Å². The van der Waals surface area contributed by atoms with Crippen molar-refractivity contribution in [2.75, 3.05) is 39.4 Å². The molecule has 19 heavy (non-hydrogen) atoms. The van der Waals surface area contributed by atoms with Crippen LogP contribution in [-0.2, 0) is 0 Å². The maximum Gasteiger partial charge on any atom is 0.0558 e. The lowest BCUT2D eigenvalue weighted by molar-refractivity contribution is 0.0762. The van der Waals surface area contributed by atoms with Gasteiger partial charge in [-0.1, -0.05) is 19.3 Å². The number of hydrogen-bond acceptors (Lipinski definition) is 4. The maximum absolute atomic E-state index is 9.17. The SMILES string of the molecule is OCCN(CCO)CC1(CNC2CC2)CCCCC1. The Morgan fingerprint density at radius 2 is 1.63 bits per heavy atom. The molecule has 0 bridgehead atoms. The van der Waals surface area contributed by atoms with Crippen molar-refractivity contribution in [1.29, 1.82) is 0 Å². The van der Waals surface area contributed by atoms with Crippen LogP contribution in [0, 0.1) is 5.41 Å². The molecule has 0 heterocycles. The molecule has 2 aliphatic carbocycles. The van der Waals surface area contributed by atoms with Crippen LogP contribution in [0.2, 0.25) is 0 Å². The Morgan fingerprint density at radius 3 is 2.16 bits per heavy atom. The van der Waals surface area contributed by atoms with Crippen LogP contribution in [0.4, 0.5) is 0 Å². The van der Waals surface area contributed by atoms with E-state index in [0.717, 1.165) is 19.1 Å². The molecular weight excluding hydrogens is 240 g/mol. The molecule has 0 spiro atoms. The van der Waals surface area contributed by atoms with E-state index in [4.69, 9.17) is 10.2 Å². The highest BCUT2D eigenvalue weighted by Gasteiger charge is 2.35. The number of aliphatic hydroxyl groups is 2. The van der Waals surface area contributed by atoms with Crippen LogP contribution in [-0.4, -0.2) is 60.5 Å². The first kappa shape index (κ1) is 15.2. The zero-order valence-corrected chi connectivity index (χ0v) is 12.1. The van der Waals surface area contributed by atoms with Crippen molar-refractivity contribution in [3.8, 4) is 0 Å². The first-order chi connectivity index (χ1) is 9.28. The summed E-state index contributed by atoms with van der Waals surface area (Å²) in [6, 6.07) is 0.767. The van der Waals surface area contributed by atoms with E-state index in [1.807, 2.05) is 0 Å². The monoisotopic (exact) mass is 270 g/mol. The summed E-state index contributed by atoms with van der Waals surface area (Å²) < 4.78 is 0. The topological polar surface area (TPSA) is 55.7 Å². The molecule has 0 atom stereocenters. The van der Waals surface area contributed by atoms with Gasteiger partial charge >= 0.3 is 0 Å². The molecule has 2 saturated carbocycles. The molecule has 112 valence electrons. The van der Waals surface area contributed by atoms with Crippen molar-refractivity contribution >= 4 is 0 Å². The molecule has 2 rings (SSSR count). The molecule has 4 heteroatoms. The van der Waals surface area contributed by atoms with E-state index >= 15 is 0 Å². The smallest absolute Gasteiger partial charge is 0.0558 e. The number of rotatable bonds is 9. The molecule has 0 aromatic carbocycles. The highest BCUT2D eigenvalue weighted by Crippen LogP contribution is 2.37. The molecule has 0 amide bonds. The zero-order chi connectivity index (χ0) is 13.6. The van der Waals surface area contributed by atoms with Gasteiger partial charge in [-0.05, 0) is 31.1 Å². The highest BCUT2D eigenvalue weighted by atomic mass is 16.3. The van der Waals surface area contributed by atoms with Crippen LogP contribution in [0.25, 0.3) is 0 Å². The van der Waals surface area contributed by atoms with E-state index in [2.05, 4.69) is 10.2 Å². The third-order valence-corrected chi connectivity index (χ3v) is 4.65. The zero-order valence-electron chi connectivity index (χ0n) is 12.1. The second kappa shape index (κ2) is 7.58. The number of nitrogens with one attached hydrogen (secondary N) is 1. The molecule has 4 nitrogen and oxygen atoms in total. The van der Waals surface area contributed by atoms with Crippen molar-refractivity contribution in [1.82, 2.24) is 10.2 Å². The van der Waals surface area contributed by atoms with Crippen LogP contribution in [0.5, 0.6) is 0 Å². The fourth-order valence-electron chi connectivity index (χ4n) is 3.37. The Morgan fingerprint density at radius 1 is 1.00 bits per heavy atom. The van der Waals surface area contributed by atoms with E-state index in [1.165, 1.54) is 44.9 Å². The summed E-state index contributed by atoms with van der Waals surface area (Å²) in [5.41, 5.74) is 0.366. The van der Waals surface area contributed by atoms with Crippen molar-refractivity contribution < 1.29 is 10.2 Å². The molecule has 0 aromatic heterocycles.